The van der Waals surface area contributed by atoms with E-state index in [9.17, 15) is 4.79 Å². The van der Waals surface area contributed by atoms with Crippen LogP contribution in [0.5, 0.6) is 11.5 Å². The Bertz CT molecular complexity index is 936. The van der Waals surface area contributed by atoms with Crippen LogP contribution >= 0.6 is 0 Å². The van der Waals surface area contributed by atoms with Gasteiger partial charge in [0.25, 0.3) is 0 Å². The molecule has 140 valence electrons. The number of fused-ring (bicyclic) bond motifs is 1. The van der Waals surface area contributed by atoms with Crippen LogP contribution in [-0.2, 0) is 17.8 Å². The van der Waals surface area contributed by atoms with Gasteiger partial charge >= 0.3 is 0 Å². The van der Waals surface area contributed by atoms with Gasteiger partial charge in [0.1, 0.15) is 0 Å². The van der Waals surface area contributed by atoms with Crippen LogP contribution in [-0.4, -0.2) is 32.1 Å². The molecule has 0 spiro atoms. The average molecular weight is 363 g/mol. The highest BCUT2D eigenvalue weighted by molar-refractivity contribution is 5.83. The second-order valence-electron chi connectivity index (χ2n) is 6.62. The Morgan fingerprint density at radius 1 is 0.852 bits per heavy atom. The lowest BCUT2D eigenvalue weighted by Crippen LogP contribution is -2.26. The molecule has 0 N–H and O–H groups in total. The summed E-state index contributed by atoms with van der Waals surface area (Å²) in [4.78, 5) is 14.3. The van der Waals surface area contributed by atoms with Crippen molar-refractivity contribution in [3.05, 3.63) is 71.8 Å². The molecule has 0 heterocycles. The fourth-order valence-electron chi connectivity index (χ4n) is 3.18. The summed E-state index contributed by atoms with van der Waals surface area (Å²) in [6.45, 7) is 0.607. The highest BCUT2D eigenvalue weighted by Crippen LogP contribution is 2.28. The summed E-state index contributed by atoms with van der Waals surface area (Å²) in [7, 11) is 5.08. The third-order valence-electron chi connectivity index (χ3n) is 4.73. The predicted molar refractivity (Wildman–Crippen MR) is 108 cm³/mol. The van der Waals surface area contributed by atoms with Gasteiger partial charge in [0, 0.05) is 20.0 Å². The van der Waals surface area contributed by atoms with Crippen LogP contribution in [0.2, 0.25) is 0 Å². The number of ether oxygens (including phenoxy) is 2. The Kier molecular flexibility index (Phi) is 5.97. The molecule has 0 unspecified atom stereocenters. The topological polar surface area (TPSA) is 38.8 Å². The van der Waals surface area contributed by atoms with Gasteiger partial charge in [0.2, 0.25) is 5.91 Å². The molecule has 0 aromatic heterocycles. The van der Waals surface area contributed by atoms with Crippen molar-refractivity contribution in [2.24, 2.45) is 0 Å². The Morgan fingerprint density at radius 3 is 2.30 bits per heavy atom. The van der Waals surface area contributed by atoms with Gasteiger partial charge in [0.05, 0.1) is 14.2 Å². The van der Waals surface area contributed by atoms with E-state index in [-0.39, 0.29) is 5.91 Å². The van der Waals surface area contributed by atoms with E-state index in [4.69, 9.17) is 9.47 Å². The molecule has 0 bridgehead atoms. The quantitative estimate of drug-likeness (QED) is 0.623. The van der Waals surface area contributed by atoms with Crippen molar-refractivity contribution < 1.29 is 14.3 Å². The maximum absolute atomic E-state index is 12.5. The Balaban J connectivity index is 1.60. The monoisotopic (exact) mass is 363 g/mol. The third kappa shape index (κ3) is 4.59. The van der Waals surface area contributed by atoms with E-state index in [1.807, 2.05) is 37.4 Å². The van der Waals surface area contributed by atoms with Gasteiger partial charge in [0.15, 0.2) is 11.5 Å². The molecule has 0 saturated heterocycles. The normalized spacial score (nSPS) is 10.6. The molecule has 0 radical (unpaired) electrons. The van der Waals surface area contributed by atoms with Crippen LogP contribution in [0.1, 0.15) is 17.5 Å². The SMILES string of the molecule is COc1ccc(CCC(=O)N(C)Cc2ccc3ccccc3c2)cc1OC. The van der Waals surface area contributed by atoms with Crippen LogP contribution in [0.4, 0.5) is 0 Å². The zero-order valence-corrected chi connectivity index (χ0v) is 16.1. The van der Waals surface area contributed by atoms with Crippen molar-refractivity contribution in [1.82, 2.24) is 4.90 Å². The van der Waals surface area contributed by atoms with Crippen LogP contribution < -0.4 is 9.47 Å². The van der Waals surface area contributed by atoms with Crippen molar-refractivity contribution in [2.75, 3.05) is 21.3 Å². The number of carbonyl (C=O) groups excluding carboxylic acids is 1. The van der Waals surface area contributed by atoms with Gasteiger partial charge in [-0.3, -0.25) is 4.79 Å². The number of rotatable bonds is 7. The number of carbonyl (C=O) groups is 1. The first-order valence-electron chi connectivity index (χ1n) is 9.03. The second-order valence-corrected chi connectivity index (χ2v) is 6.62. The van der Waals surface area contributed by atoms with E-state index in [1.54, 1.807) is 19.1 Å². The summed E-state index contributed by atoms with van der Waals surface area (Å²) in [5.74, 6) is 1.51. The lowest BCUT2D eigenvalue weighted by atomic mass is 10.1. The molecule has 4 nitrogen and oxygen atoms in total. The molecule has 0 fully saturated rings. The Labute approximate surface area is 160 Å². The number of amides is 1. The molecule has 3 aromatic rings. The Morgan fingerprint density at radius 2 is 1.56 bits per heavy atom. The summed E-state index contributed by atoms with van der Waals surface area (Å²) in [5, 5.41) is 2.41. The minimum Gasteiger partial charge on any atom is -0.493 e. The summed E-state index contributed by atoms with van der Waals surface area (Å²) >= 11 is 0. The summed E-state index contributed by atoms with van der Waals surface area (Å²) < 4.78 is 10.6. The number of methoxy groups -OCH3 is 2. The van der Waals surface area contributed by atoms with E-state index in [1.165, 1.54) is 10.8 Å². The molecule has 0 saturated carbocycles. The summed E-state index contributed by atoms with van der Waals surface area (Å²) in [6, 6.07) is 20.4. The zero-order valence-electron chi connectivity index (χ0n) is 16.1. The molecule has 0 aliphatic heterocycles. The molecule has 1 amide bonds. The molecule has 4 heteroatoms. The highest BCUT2D eigenvalue weighted by Gasteiger charge is 2.11. The number of benzene rings is 3. The fourth-order valence-corrected chi connectivity index (χ4v) is 3.18. The number of hydrogen-bond acceptors (Lipinski definition) is 3. The van der Waals surface area contributed by atoms with Crippen molar-refractivity contribution in [3.8, 4) is 11.5 Å². The summed E-state index contributed by atoms with van der Waals surface area (Å²) in [6.07, 6.45) is 1.13. The lowest BCUT2D eigenvalue weighted by molar-refractivity contribution is -0.130. The van der Waals surface area contributed by atoms with Gasteiger partial charge < -0.3 is 14.4 Å². The maximum atomic E-state index is 12.5. The van der Waals surface area contributed by atoms with Crippen molar-refractivity contribution >= 4 is 16.7 Å². The van der Waals surface area contributed by atoms with Gasteiger partial charge in [-0.1, -0.05) is 42.5 Å². The third-order valence-corrected chi connectivity index (χ3v) is 4.73. The molecule has 3 aromatic carbocycles. The van der Waals surface area contributed by atoms with E-state index in [0.29, 0.717) is 30.9 Å². The maximum Gasteiger partial charge on any atom is 0.222 e. The van der Waals surface area contributed by atoms with E-state index in [0.717, 1.165) is 11.1 Å². The molecule has 0 aliphatic rings. The van der Waals surface area contributed by atoms with Gasteiger partial charge in [-0.2, -0.15) is 0 Å². The predicted octanol–water partition coefficient (Wildman–Crippen LogP) is 4.45. The molecule has 27 heavy (non-hydrogen) atoms. The Hall–Kier alpha value is -3.01. The molecule has 0 aliphatic carbocycles. The first kappa shape index (κ1) is 18.8. The van der Waals surface area contributed by atoms with Gasteiger partial charge in [-0.05, 0) is 46.5 Å². The summed E-state index contributed by atoms with van der Waals surface area (Å²) in [5.41, 5.74) is 2.19. The lowest BCUT2D eigenvalue weighted by Gasteiger charge is -2.18. The average Bonchev–Trinajstić information content (AvgIpc) is 2.71. The van der Waals surface area contributed by atoms with Crippen LogP contribution in [0.25, 0.3) is 10.8 Å². The van der Waals surface area contributed by atoms with E-state index < -0.39 is 0 Å². The smallest absolute Gasteiger partial charge is 0.222 e. The van der Waals surface area contributed by atoms with Crippen LogP contribution in [0.3, 0.4) is 0 Å². The molecule has 0 atom stereocenters. The molecular formula is C23H25NO3. The zero-order chi connectivity index (χ0) is 19.2. The standard InChI is InChI=1S/C23H25NO3/c1-24(16-18-8-11-19-6-4-5-7-20(19)14-18)23(25)13-10-17-9-12-21(26-2)22(15-17)27-3/h4-9,11-12,14-15H,10,13,16H2,1-3H3. The number of nitrogens with zero attached hydrogens (tertiary/aromatic N) is 1. The van der Waals surface area contributed by atoms with Crippen molar-refractivity contribution in [1.29, 1.82) is 0 Å². The molecular weight excluding hydrogens is 338 g/mol. The van der Waals surface area contributed by atoms with Gasteiger partial charge in [-0.15, -0.1) is 0 Å². The van der Waals surface area contributed by atoms with E-state index >= 15 is 0 Å². The van der Waals surface area contributed by atoms with Crippen LogP contribution in [0, 0.1) is 0 Å². The fraction of sp³-hybridized carbons (Fsp3) is 0.261. The minimum atomic E-state index is 0.123. The van der Waals surface area contributed by atoms with Gasteiger partial charge in [-0.25, -0.2) is 0 Å². The number of aryl methyl sites for hydroxylation is 1. The van der Waals surface area contributed by atoms with Crippen LogP contribution in [0.15, 0.2) is 60.7 Å². The van der Waals surface area contributed by atoms with E-state index in [2.05, 4.69) is 30.3 Å². The molecule has 3 rings (SSSR count). The minimum absolute atomic E-state index is 0.123. The van der Waals surface area contributed by atoms with Crippen molar-refractivity contribution in [2.45, 2.75) is 19.4 Å². The second kappa shape index (κ2) is 8.58. The first-order valence-corrected chi connectivity index (χ1v) is 9.03. The highest BCUT2D eigenvalue weighted by atomic mass is 16.5. The van der Waals surface area contributed by atoms with Crippen molar-refractivity contribution in [3.63, 3.8) is 0 Å². The number of hydrogen-bond donors (Lipinski definition) is 0. The first-order chi connectivity index (χ1) is 13.1. The largest absolute Gasteiger partial charge is 0.493 e.